The second-order valence-electron chi connectivity index (χ2n) is 17.8. The summed E-state index contributed by atoms with van der Waals surface area (Å²) in [5.41, 5.74) is 23.8. The van der Waals surface area contributed by atoms with E-state index in [0.717, 1.165) is 17.1 Å². The van der Waals surface area contributed by atoms with Crippen LogP contribution in [-0.2, 0) is 0 Å². The lowest BCUT2D eigenvalue weighted by Crippen LogP contribution is -2.09. The van der Waals surface area contributed by atoms with Crippen LogP contribution in [0.1, 0.15) is 0 Å². The van der Waals surface area contributed by atoms with E-state index in [4.69, 9.17) is 0 Å². The maximum atomic E-state index is 2.45. The van der Waals surface area contributed by atoms with E-state index in [-0.39, 0.29) is 0 Å². The summed E-state index contributed by atoms with van der Waals surface area (Å²) in [6.45, 7) is 0. The molecule has 1 nitrogen and oxygen atoms in total. The van der Waals surface area contributed by atoms with Gasteiger partial charge in [-0.05, 0) is 158 Å². The zero-order chi connectivity index (χ0) is 44.0. The average molecular weight is 848 g/mol. The van der Waals surface area contributed by atoms with Crippen molar-refractivity contribution in [3.05, 3.63) is 249 Å². The van der Waals surface area contributed by atoms with Crippen LogP contribution in [-0.4, -0.2) is 0 Å². The molecular weight excluding hydrogens is 807 g/mol. The zero-order valence-electron chi connectivity index (χ0n) is 36.6. The van der Waals surface area contributed by atoms with Gasteiger partial charge in [-0.15, -0.1) is 0 Å². The summed E-state index contributed by atoms with van der Waals surface area (Å²) >= 11 is 0. The fraction of sp³-hybridized carbons (Fsp3) is 0. The molecule has 0 spiro atoms. The Morgan fingerprint density at radius 2 is 0.478 bits per heavy atom. The molecule has 12 aromatic rings. The summed E-state index contributed by atoms with van der Waals surface area (Å²) in [4.78, 5) is 2.38. The van der Waals surface area contributed by atoms with Gasteiger partial charge in [-0.1, -0.05) is 212 Å². The van der Waals surface area contributed by atoms with Crippen LogP contribution in [0.4, 0.5) is 17.1 Å². The molecule has 12 aromatic carbocycles. The SMILES string of the molecule is c1ccc(-c2c3c(c(-c4ccccc4)c4ccccc24)-c2ccc4c5c(ccc-3c25)-c2c-4c(-c3ccccc3)c3cc(N(c4ccccc4)c4ccccc4)ccc3c2-c2ccccc2)cc1. The minimum atomic E-state index is 1.11. The molecule has 0 heterocycles. The minimum Gasteiger partial charge on any atom is -0.310 e. The predicted molar refractivity (Wildman–Crippen MR) is 284 cm³/mol. The molecule has 0 saturated carbocycles. The highest BCUT2D eigenvalue weighted by atomic mass is 15.1. The smallest absolute Gasteiger partial charge is 0.0468 e. The molecule has 0 fully saturated rings. The molecule has 0 saturated heterocycles. The van der Waals surface area contributed by atoms with Gasteiger partial charge < -0.3 is 4.90 Å². The fourth-order valence-corrected chi connectivity index (χ4v) is 11.7. The van der Waals surface area contributed by atoms with Gasteiger partial charge in [0, 0.05) is 17.1 Å². The second-order valence-corrected chi connectivity index (χ2v) is 17.8. The van der Waals surface area contributed by atoms with Gasteiger partial charge in [0.05, 0.1) is 0 Å². The Balaban J connectivity index is 1.13. The molecule has 14 rings (SSSR count). The third-order valence-electron chi connectivity index (χ3n) is 14.3. The van der Waals surface area contributed by atoms with Crippen LogP contribution in [0.25, 0.3) is 121 Å². The van der Waals surface area contributed by atoms with Crippen molar-refractivity contribution >= 4 is 49.4 Å². The molecular formula is C66H41N. The monoisotopic (exact) mass is 847 g/mol. The fourth-order valence-electron chi connectivity index (χ4n) is 11.7. The van der Waals surface area contributed by atoms with Crippen molar-refractivity contribution in [2.24, 2.45) is 0 Å². The van der Waals surface area contributed by atoms with Gasteiger partial charge in [-0.25, -0.2) is 0 Å². The first-order valence-electron chi connectivity index (χ1n) is 23.3. The van der Waals surface area contributed by atoms with E-state index in [2.05, 4.69) is 254 Å². The standard InChI is InChI=1S/C66H41N/c1-7-21-42(22-8-1)57-49-33-19-20-34-50(49)58(43-23-9-2-10-24-43)64-53-39-40-55-62-54(38-37-52(61(53)62)63(57)64)65-59(44-25-11-3-12-26-44)51-36-35-48(41-56(51)60(66(55)65)45-27-13-4-14-28-45)67(46-29-15-5-16-30-46)47-31-17-6-18-32-47/h1-41H. The van der Waals surface area contributed by atoms with Crippen molar-refractivity contribution in [3.63, 3.8) is 0 Å². The maximum Gasteiger partial charge on any atom is 0.0468 e. The molecule has 0 unspecified atom stereocenters. The molecule has 0 amide bonds. The maximum absolute atomic E-state index is 2.45. The second kappa shape index (κ2) is 14.9. The Kier molecular flexibility index (Phi) is 8.35. The number of benzene rings is 12. The van der Waals surface area contributed by atoms with E-state index in [1.807, 2.05) is 0 Å². The molecule has 1 heteroatoms. The van der Waals surface area contributed by atoms with Crippen LogP contribution >= 0.6 is 0 Å². The highest BCUT2D eigenvalue weighted by molar-refractivity contribution is 6.35. The molecule has 2 aliphatic carbocycles. The van der Waals surface area contributed by atoms with E-state index in [1.54, 1.807) is 0 Å². The summed E-state index contributed by atoms with van der Waals surface area (Å²) < 4.78 is 0. The Bertz CT molecular complexity index is 3790. The van der Waals surface area contributed by atoms with Crippen molar-refractivity contribution in [3.8, 4) is 89.0 Å². The summed E-state index contributed by atoms with van der Waals surface area (Å²) in [5.74, 6) is 0. The summed E-state index contributed by atoms with van der Waals surface area (Å²) in [5, 5.41) is 7.69. The number of fused-ring (bicyclic) bond motifs is 8. The van der Waals surface area contributed by atoms with Crippen molar-refractivity contribution in [1.29, 1.82) is 0 Å². The largest absolute Gasteiger partial charge is 0.310 e. The van der Waals surface area contributed by atoms with Gasteiger partial charge in [-0.2, -0.15) is 0 Å². The van der Waals surface area contributed by atoms with E-state index in [9.17, 15) is 0 Å². The van der Waals surface area contributed by atoms with Crippen LogP contribution < -0.4 is 4.90 Å². The topological polar surface area (TPSA) is 3.24 Å². The van der Waals surface area contributed by atoms with Gasteiger partial charge in [0.25, 0.3) is 0 Å². The molecule has 0 aromatic heterocycles. The van der Waals surface area contributed by atoms with Gasteiger partial charge >= 0.3 is 0 Å². The third-order valence-corrected chi connectivity index (χ3v) is 14.3. The van der Waals surface area contributed by atoms with Crippen molar-refractivity contribution in [1.82, 2.24) is 0 Å². The van der Waals surface area contributed by atoms with E-state index < -0.39 is 0 Å². The van der Waals surface area contributed by atoms with Gasteiger partial charge in [0.1, 0.15) is 0 Å². The summed E-state index contributed by atoms with van der Waals surface area (Å²) in [6, 6.07) is 91.8. The normalized spacial score (nSPS) is 11.9. The van der Waals surface area contributed by atoms with Crippen molar-refractivity contribution in [2.75, 3.05) is 4.90 Å². The molecule has 0 atom stereocenters. The van der Waals surface area contributed by atoms with Gasteiger partial charge in [0.15, 0.2) is 0 Å². The van der Waals surface area contributed by atoms with Gasteiger partial charge in [-0.3, -0.25) is 0 Å². The predicted octanol–water partition coefficient (Wildman–Crippen LogP) is 18.6. The lowest BCUT2D eigenvalue weighted by Gasteiger charge is -2.27. The number of hydrogen-bond acceptors (Lipinski definition) is 1. The van der Waals surface area contributed by atoms with Crippen LogP contribution in [0.5, 0.6) is 0 Å². The van der Waals surface area contributed by atoms with E-state index in [0.29, 0.717) is 0 Å². The molecule has 0 bridgehead atoms. The molecule has 0 N–H and O–H groups in total. The molecule has 2 aliphatic rings. The first-order valence-corrected chi connectivity index (χ1v) is 23.3. The van der Waals surface area contributed by atoms with E-state index in [1.165, 1.54) is 121 Å². The highest BCUT2D eigenvalue weighted by Gasteiger charge is 2.37. The molecule has 67 heavy (non-hydrogen) atoms. The van der Waals surface area contributed by atoms with E-state index >= 15 is 0 Å². The van der Waals surface area contributed by atoms with Crippen LogP contribution in [0.15, 0.2) is 249 Å². The quantitative estimate of drug-likeness (QED) is 0.154. The Labute approximate surface area is 390 Å². The number of para-hydroxylation sites is 2. The number of anilines is 3. The number of rotatable bonds is 7. The average Bonchev–Trinajstić information content (AvgIpc) is 3.91. The zero-order valence-corrected chi connectivity index (χ0v) is 36.6. The lowest BCUT2D eigenvalue weighted by atomic mass is 9.81. The number of nitrogens with zero attached hydrogens (tertiary/aromatic N) is 1. The Hall–Kier alpha value is -8.78. The summed E-state index contributed by atoms with van der Waals surface area (Å²) in [7, 11) is 0. The van der Waals surface area contributed by atoms with Crippen molar-refractivity contribution < 1.29 is 0 Å². The molecule has 0 radical (unpaired) electrons. The third kappa shape index (κ3) is 5.56. The molecule has 0 aliphatic heterocycles. The minimum absolute atomic E-state index is 1.11. The summed E-state index contributed by atoms with van der Waals surface area (Å²) in [6.07, 6.45) is 0. The van der Waals surface area contributed by atoms with Crippen LogP contribution in [0.2, 0.25) is 0 Å². The first-order chi connectivity index (χ1) is 33.3. The Morgan fingerprint density at radius 3 is 0.821 bits per heavy atom. The van der Waals surface area contributed by atoms with Crippen LogP contribution in [0, 0.1) is 0 Å². The van der Waals surface area contributed by atoms with Gasteiger partial charge in [0.2, 0.25) is 0 Å². The van der Waals surface area contributed by atoms with Crippen molar-refractivity contribution in [2.45, 2.75) is 0 Å². The highest BCUT2D eigenvalue weighted by Crippen LogP contribution is 2.64. The Morgan fingerprint density at radius 1 is 0.194 bits per heavy atom. The first kappa shape index (κ1) is 37.6. The molecule has 310 valence electrons. The lowest BCUT2D eigenvalue weighted by molar-refractivity contribution is 1.29. The van der Waals surface area contributed by atoms with Crippen LogP contribution in [0.3, 0.4) is 0 Å². The number of hydrogen-bond donors (Lipinski definition) is 0.